The maximum absolute atomic E-state index is 5.14. The fourth-order valence-electron chi connectivity index (χ4n) is 7.84. The van der Waals surface area contributed by atoms with Gasteiger partial charge in [0.2, 0.25) is 0 Å². The van der Waals surface area contributed by atoms with Crippen LogP contribution in [0, 0.1) is 0 Å². The maximum atomic E-state index is 5.14. The number of para-hydroxylation sites is 3. The van der Waals surface area contributed by atoms with Gasteiger partial charge in [0.15, 0.2) is 5.65 Å². The Balaban J connectivity index is 1.41. The van der Waals surface area contributed by atoms with E-state index in [1.54, 1.807) is 0 Å². The number of pyridine rings is 3. The SMILES string of the molecule is c1ccc(-n2c3ccccc3c3cc4c5c6c7cnccc7n7c8ncccc8nc7c6ccc5n(-c5ccccc5)c4cc32)cc1. The maximum Gasteiger partial charge on any atom is 0.164 e. The molecule has 5 aromatic carbocycles. The molecule has 0 amide bonds. The molecule has 6 heteroatoms. The smallest absolute Gasteiger partial charge is 0.164 e. The Morgan fingerprint density at radius 1 is 0.426 bits per heavy atom. The summed E-state index contributed by atoms with van der Waals surface area (Å²) < 4.78 is 6.98. The second kappa shape index (κ2) is 9.02. The summed E-state index contributed by atoms with van der Waals surface area (Å²) in [5, 5.41) is 8.15. The lowest BCUT2D eigenvalue weighted by atomic mass is 10.00. The van der Waals surface area contributed by atoms with Crippen molar-refractivity contribution in [3.8, 4) is 11.4 Å². The van der Waals surface area contributed by atoms with Gasteiger partial charge >= 0.3 is 0 Å². The topological polar surface area (TPSA) is 52.9 Å². The number of fused-ring (bicyclic) bond motifs is 15. The Morgan fingerprint density at radius 3 is 2.00 bits per heavy atom. The minimum atomic E-state index is 0.850. The molecular formula is C41H24N6. The first-order chi connectivity index (χ1) is 23.3. The van der Waals surface area contributed by atoms with Crippen LogP contribution in [0.1, 0.15) is 0 Å². The van der Waals surface area contributed by atoms with Crippen molar-refractivity contribution in [3.05, 3.63) is 146 Å². The van der Waals surface area contributed by atoms with Crippen molar-refractivity contribution in [2.45, 2.75) is 0 Å². The van der Waals surface area contributed by atoms with Crippen LogP contribution in [-0.2, 0) is 0 Å². The van der Waals surface area contributed by atoms with Gasteiger partial charge < -0.3 is 9.13 Å². The van der Waals surface area contributed by atoms with Gasteiger partial charge in [-0.15, -0.1) is 0 Å². The molecule has 6 nitrogen and oxygen atoms in total. The summed E-state index contributed by atoms with van der Waals surface area (Å²) in [7, 11) is 0. The Hall–Kier alpha value is -6.53. The van der Waals surface area contributed by atoms with E-state index in [0.717, 1.165) is 60.9 Å². The average Bonchev–Trinajstić information content (AvgIpc) is 3.79. The third-order valence-corrected chi connectivity index (χ3v) is 9.72. The molecule has 0 atom stereocenters. The van der Waals surface area contributed by atoms with Crippen LogP contribution in [0.2, 0.25) is 0 Å². The fourth-order valence-corrected chi connectivity index (χ4v) is 7.84. The molecule has 11 aromatic rings. The van der Waals surface area contributed by atoms with Crippen molar-refractivity contribution in [1.29, 1.82) is 0 Å². The summed E-state index contributed by atoms with van der Waals surface area (Å²) in [5.74, 6) is 0. The molecule has 6 aromatic heterocycles. The minimum absolute atomic E-state index is 0.850. The number of aromatic nitrogens is 6. The van der Waals surface area contributed by atoms with Crippen molar-refractivity contribution in [2.24, 2.45) is 0 Å². The van der Waals surface area contributed by atoms with E-state index in [0.29, 0.717) is 0 Å². The molecule has 0 spiro atoms. The van der Waals surface area contributed by atoms with Gasteiger partial charge in [-0.25, -0.2) is 9.97 Å². The van der Waals surface area contributed by atoms with Gasteiger partial charge in [-0.1, -0.05) is 54.6 Å². The molecule has 0 saturated carbocycles. The summed E-state index contributed by atoms with van der Waals surface area (Å²) in [6, 6.07) is 45.4. The zero-order valence-corrected chi connectivity index (χ0v) is 25.0. The van der Waals surface area contributed by atoms with Crippen LogP contribution in [-0.4, -0.2) is 28.5 Å². The Morgan fingerprint density at radius 2 is 1.17 bits per heavy atom. The number of hydrogen-bond donors (Lipinski definition) is 0. The first kappa shape index (κ1) is 24.8. The van der Waals surface area contributed by atoms with Crippen molar-refractivity contribution in [3.63, 3.8) is 0 Å². The predicted molar refractivity (Wildman–Crippen MR) is 192 cm³/mol. The fraction of sp³-hybridized carbons (Fsp3) is 0. The van der Waals surface area contributed by atoms with E-state index in [1.807, 2.05) is 30.7 Å². The van der Waals surface area contributed by atoms with E-state index >= 15 is 0 Å². The monoisotopic (exact) mass is 600 g/mol. The molecular weight excluding hydrogens is 576 g/mol. The molecule has 0 bridgehead atoms. The van der Waals surface area contributed by atoms with Crippen molar-refractivity contribution in [1.82, 2.24) is 28.5 Å². The summed E-state index contributed by atoms with van der Waals surface area (Å²) >= 11 is 0. The second-order valence-electron chi connectivity index (χ2n) is 12.1. The highest BCUT2D eigenvalue weighted by Gasteiger charge is 2.23. The minimum Gasteiger partial charge on any atom is -0.309 e. The third-order valence-electron chi connectivity index (χ3n) is 9.72. The normalized spacial score (nSPS) is 12.3. The lowest BCUT2D eigenvalue weighted by Crippen LogP contribution is -1.96. The standard InChI is InChI=1S/C41H24N6/c1-3-10-25(11-4-1)45-33-16-8-7-14-27(33)29-22-30-37(23-36(29)45)46(26-12-5-2-6-13-26)35-18-17-28-38(39(30)35)31-24-42-21-19-34(31)47-40(28)44-32-15-9-20-43-41(32)47/h1-24H. The van der Waals surface area contributed by atoms with E-state index in [9.17, 15) is 0 Å². The lowest BCUT2D eigenvalue weighted by Gasteiger charge is -2.11. The summed E-state index contributed by atoms with van der Waals surface area (Å²) in [5.41, 5.74) is 10.6. The van der Waals surface area contributed by atoms with E-state index < -0.39 is 0 Å². The van der Waals surface area contributed by atoms with Gasteiger partial charge in [0.1, 0.15) is 11.2 Å². The molecule has 0 unspecified atom stereocenters. The van der Waals surface area contributed by atoms with Crippen LogP contribution >= 0.6 is 0 Å². The van der Waals surface area contributed by atoms with Gasteiger partial charge in [0.25, 0.3) is 0 Å². The van der Waals surface area contributed by atoms with Gasteiger partial charge in [0, 0.05) is 67.7 Å². The van der Waals surface area contributed by atoms with E-state index in [-0.39, 0.29) is 0 Å². The molecule has 0 aliphatic heterocycles. The molecule has 0 N–H and O–H groups in total. The average molecular weight is 601 g/mol. The Labute approximate surface area is 267 Å². The molecule has 11 rings (SSSR count). The van der Waals surface area contributed by atoms with Crippen LogP contribution < -0.4 is 0 Å². The first-order valence-corrected chi connectivity index (χ1v) is 15.8. The Bertz CT molecular complexity index is 3060. The van der Waals surface area contributed by atoms with Crippen LogP contribution in [0.4, 0.5) is 0 Å². The first-order valence-electron chi connectivity index (χ1n) is 15.8. The molecule has 0 aliphatic rings. The van der Waals surface area contributed by atoms with Crippen molar-refractivity contribution < 1.29 is 0 Å². The highest BCUT2D eigenvalue weighted by molar-refractivity contribution is 6.32. The van der Waals surface area contributed by atoms with E-state index in [2.05, 4.69) is 134 Å². The quantitative estimate of drug-likeness (QED) is 0.186. The van der Waals surface area contributed by atoms with Crippen LogP contribution in [0.5, 0.6) is 0 Å². The number of imidazole rings is 1. The predicted octanol–water partition coefficient (Wildman–Crippen LogP) is 9.78. The number of nitrogens with zero attached hydrogens (tertiary/aromatic N) is 6. The van der Waals surface area contributed by atoms with Crippen LogP contribution in [0.3, 0.4) is 0 Å². The van der Waals surface area contributed by atoms with Crippen LogP contribution in [0.15, 0.2) is 146 Å². The number of hydrogen-bond acceptors (Lipinski definition) is 3. The van der Waals surface area contributed by atoms with Crippen LogP contribution in [0.25, 0.3) is 93.5 Å². The van der Waals surface area contributed by atoms with E-state index in [4.69, 9.17) is 9.97 Å². The third kappa shape index (κ3) is 3.21. The molecule has 0 fully saturated rings. The highest BCUT2D eigenvalue weighted by atomic mass is 15.1. The van der Waals surface area contributed by atoms with Gasteiger partial charge in [-0.3, -0.25) is 9.38 Å². The zero-order chi connectivity index (χ0) is 30.6. The number of rotatable bonds is 2. The summed E-state index contributed by atoms with van der Waals surface area (Å²) in [6.07, 6.45) is 5.69. The summed E-state index contributed by atoms with van der Waals surface area (Å²) in [6.45, 7) is 0. The second-order valence-corrected chi connectivity index (χ2v) is 12.1. The zero-order valence-electron chi connectivity index (χ0n) is 25.0. The summed E-state index contributed by atoms with van der Waals surface area (Å²) in [4.78, 5) is 14.5. The lowest BCUT2D eigenvalue weighted by molar-refractivity contribution is 1.16. The van der Waals surface area contributed by atoms with E-state index in [1.165, 1.54) is 32.6 Å². The molecule has 0 aliphatic carbocycles. The van der Waals surface area contributed by atoms with Gasteiger partial charge in [0.05, 0.1) is 27.6 Å². The van der Waals surface area contributed by atoms with Gasteiger partial charge in [-0.2, -0.15) is 0 Å². The Kier molecular flexibility index (Phi) is 4.75. The molecule has 47 heavy (non-hydrogen) atoms. The molecule has 6 heterocycles. The largest absolute Gasteiger partial charge is 0.309 e. The van der Waals surface area contributed by atoms with Crippen molar-refractivity contribution >= 4 is 82.1 Å². The number of benzene rings is 5. The molecule has 0 saturated heterocycles. The van der Waals surface area contributed by atoms with Crippen molar-refractivity contribution in [2.75, 3.05) is 0 Å². The molecule has 218 valence electrons. The molecule has 0 radical (unpaired) electrons. The van der Waals surface area contributed by atoms with Gasteiger partial charge in [-0.05, 0) is 72.8 Å². The highest BCUT2D eigenvalue weighted by Crippen LogP contribution is 2.44.